The molecule has 20 heavy (non-hydrogen) atoms. The van der Waals surface area contributed by atoms with Crippen molar-refractivity contribution in [2.24, 2.45) is 0 Å². The number of hydrogen-bond donors (Lipinski definition) is 2. The summed E-state index contributed by atoms with van der Waals surface area (Å²) in [5, 5.41) is 9.37. The maximum absolute atomic E-state index is 11.9. The summed E-state index contributed by atoms with van der Waals surface area (Å²) in [6.07, 6.45) is 0. The van der Waals surface area contributed by atoms with Gasteiger partial charge in [-0.2, -0.15) is 0 Å². The quantitative estimate of drug-likeness (QED) is 0.832. The van der Waals surface area contributed by atoms with E-state index in [1.807, 2.05) is 6.07 Å². The first kappa shape index (κ1) is 13.5. The lowest BCUT2D eigenvalue weighted by molar-refractivity contribution is -0.116. The van der Waals surface area contributed by atoms with Crippen LogP contribution in [0.2, 0.25) is 0 Å². The Labute approximate surface area is 114 Å². The minimum atomic E-state index is -0.535. The van der Waals surface area contributed by atoms with Crippen molar-refractivity contribution in [1.82, 2.24) is 15.2 Å². The van der Waals surface area contributed by atoms with E-state index < -0.39 is 5.91 Å². The zero-order valence-electron chi connectivity index (χ0n) is 10.7. The average Bonchev–Trinajstić information content (AvgIpc) is 2.85. The Morgan fingerprint density at radius 1 is 1.30 bits per heavy atom. The molecule has 1 aromatic carbocycles. The van der Waals surface area contributed by atoms with E-state index in [0.29, 0.717) is 5.69 Å². The second kappa shape index (κ2) is 5.83. The van der Waals surface area contributed by atoms with Gasteiger partial charge in [-0.1, -0.05) is 18.2 Å². The lowest BCUT2D eigenvalue weighted by atomic mass is 10.3. The van der Waals surface area contributed by atoms with E-state index in [0.717, 1.165) is 0 Å². The van der Waals surface area contributed by atoms with Crippen LogP contribution in [0.3, 0.4) is 0 Å². The molecule has 8 nitrogen and oxygen atoms in total. The van der Waals surface area contributed by atoms with Gasteiger partial charge in [-0.3, -0.25) is 9.59 Å². The number of anilines is 2. The minimum Gasteiger partial charge on any atom is -0.379 e. The first-order chi connectivity index (χ1) is 9.58. The highest BCUT2D eigenvalue weighted by atomic mass is 16.6. The number of para-hydroxylation sites is 1. The van der Waals surface area contributed by atoms with Crippen LogP contribution in [0.4, 0.5) is 11.5 Å². The summed E-state index contributed by atoms with van der Waals surface area (Å²) >= 11 is 0. The molecule has 8 heteroatoms. The first-order valence-corrected chi connectivity index (χ1v) is 5.76. The van der Waals surface area contributed by atoms with E-state index in [4.69, 9.17) is 5.73 Å². The van der Waals surface area contributed by atoms with Gasteiger partial charge in [0.1, 0.15) is 0 Å². The monoisotopic (exact) mass is 275 g/mol. The lowest BCUT2D eigenvalue weighted by Crippen LogP contribution is -2.35. The van der Waals surface area contributed by atoms with Crippen molar-refractivity contribution in [2.45, 2.75) is 0 Å². The number of amides is 2. The van der Waals surface area contributed by atoms with Crippen molar-refractivity contribution in [3.63, 3.8) is 0 Å². The zero-order chi connectivity index (χ0) is 14.5. The number of hydrogen-bond acceptors (Lipinski definition) is 6. The van der Waals surface area contributed by atoms with Gasteiger partial charge in [-0.15, -0.1) is 0 Å². The molecule has 0 aliphatic rings. The second-order valence-corrected chi connectivity index (χ2v) is 4.07. The van der Waals surface area contributed by atoms with Crippen molar-refractivity contribution in [3.8, 4) is 0 Å². The molecule has 0 atom stereocenters. The van der Waals surface area contributed by atoms with Crippen molar-refractivity contribution in [1.29, 1.82) is 0 Å². The average molecular weight is 275 g/mol. The number of likely N-dealkylation sites (N-methyl/N-ethyl adjacent to an activating group) is 1. The highest BCUT2D eigenvalue weighted by Crippen LogP contribution is 2.08. The van der Waals surface area contributed by atoms with E-state index in [1.54, 1.807) is 24.3 Å². The SMILES string of the molecule is CN(CC(=O)Nc1ccccc1)C(=O)c1nonc1N. The van der Waals surface area contributed by atoms with Crippen LogP contribution in [0.1, 0.15) is 10.5 Å². The molecule has 0 aliphatic heterocycles. The minimum absolute atomic E-state index is 0.106. The van der Waals surface area contributed by atoms with Crippen LogP contribution in [0.15, 0.2) is 35.0 Å². The standard InChI is InChI=1S/C12H13N5O3/c1-17(12(19)10-11(13)16-20-15-10)7-9(18)14-8-5-3-2-4-6-8/h2-6H,7H2,1H3,(H2,13,16)(H,14,18). The third-order valence-corrected chi connectivity index (χ3v) is 2.50. The second-order valence-electron chi connectivity index (χ2n) is 4.07. The Morgan fingerprint density at radius 2 is 2.00 bits per heavy atom. The molecule has 0 saturated carbocycles. The van der Waals surface area contributed by atoms with Crippen molar-refractivity contribution < 1.29 is 14.2 Å². The molecule has 0 aliphatic carbocycles. The summed E-state index contributed by atoms with van der Waals surface area (Å²) in [5.74, 6) is -0.973. The molecular formula is C12H13N5O3. The molecule has 0 bridgehead atoms. The number of nitrogens with zero attached hydrogens (tertiary/aromatic N) is 3. The van der Waals surface area contributed by atoms with Crippen LogP contribution in [0, 0.1) is 0 Å². The molecular weight excluding hydrogens is 262 g/mol. The number of aromatic nitrogens is 2. The summed E-state index contributed by atoms with van der Waals surface area (Å²) in [7, 11) is 1.46. The molecule has 0 saturated heterocycles. The molecule has 2 amide bonds. The fourth-order valence-corrected chi connectivity index (χ4v) is 1.53. The summed E-state index contributed by atoms with van der Waals surface area (Å²) in [6.45, 7) is -0.139. The molecule has 2 aromatic rings. The largest absolute Gasteiger partial charge is 0.379 e. The van der Waals surface area contributed by atoms with Gasteiger partial charge in [0.25, 0.3) is 5.91 Å². The van der Waals surface area contributed by atoms with Gasteiger partial charge in [0.05, 0.1) is 6.54 Å². The van der Waals surface area contributed by atoms with Crippen LogP contribution in [0.25, 0.3) is 0 Å². The van der Waals surface area contributed by atoms with Crippen molar-refractivity contribution in [3.05, 3.63) is 36.0 Å². The van der Waals surface area contributed by atoms with Crippen LogP contribution in [0.5, 0.6) is 0 Å². The van der Waals surface area contributed by atoms with Gasteiger partial charge in [-0.05, 0) is 22.4 Å². The number of benzene rings is 1. The van der Waals surface area contributed by atoms with E-state index >= 15 is 0 Å². The van der Waals surface area contributed by atoms with Crippen LogP contribution < -0.4 is 11.1 Å². The van der Waals surface area contributed by atoms with Gasteiger partial charge in [0.2, 0.25) is 17.4 Å². The van der Waals surface area contributed by atoms with Crippen molar-refractivity contribution >= 4 is 23.3 Å². The summed E-state index contributed by atoms with van der Waals surface area (Å²) in [6, 6.07) is 8.93. The van der Waals surface area contributed by atoms with Crippen molar-refractivity contribution in [2.75, 3.05) is 24.6 Å². The fourth-order valence-electron chi connectivity index (χ4n) is 1.53. The molecule has 2 rings (SSSR count). The summed E-state index contributed by atoms with van der Waals surface area (Å²) in [4.78, 5) is 24.9. The van der Waals surface area contributed by atoms with Crippen LogP contribution in [-0.2, 0) is 4.79 Å². The van der Waals surface area contributed by atoms with E-state index in [9.17, 15) is 9.59 Å². The molecule has 1 heterocycles. The number of rotatable bonds is 4. The topological polar surface area (TPSA) is 114 Å². The molecule has 0 fully saturated rings. The Hall–Kier alpha value is -2.90. The predicted molar refractivity (Wildman–Crippen MR) is 70.7 cm³/mol. The van der Waals surface area contributed by atoms with Gasteiger partial charge >= 0.3 is 0 Å². The predicted octanol–water partition coefficient (Wildman–Crippen LogP) is 0.362. The smallest absolute Gasteiger partial charge is 0.280 e. The number of carbonyl (C=O) groups excluding carboxylic acids is 2. The first-order valence-electron chi connectivity index (χ1n) is 5.76. The Balaban J connectivity index is 1.94. The maximum Gasteiger partial charge on any atom is 0.280 e. The zero-order valence-corrected chi connectivity index (χ0v) is 10.7. The normalized spacial score (nSPS) is 10.1. The third-order valence-electron chi connectivity index (χ3n) is 2.50. The molecule has 0 unspecified atom stereocenters. The number of nitrogens with one attached hydrogen (secondary N) is 1. The maximum atomic E-state index is 11.9. The number of carbonyl (C=O) groups is 2. The highest BCUT2D eigenvalue weighted by molar-refractivity contribution is 6.00. The Kier molecular flexibility index (Phi) is 3.94. The van der Waals surface area contributed by atoms with E-state index in [2.05, 4.69) is 20.3 Å². The van der Waals surface area contributed by atoms with Crippen LogP contribution in [-0.4, -0.2) is 40.6 Å². The van der Waals surface area contributed by atoms with Gasteiger partial charge < -0.3 is 16.0 Å². The number of nitrogen functional groups attached to an aromatic ring is 1. The van der Waals surface area contributed by atoms with Gasteiger partial charge in [0.15, 0.2) is 0 Å². The molecule has 0 spiro atoms. The number of nitrogens with two attached hydrogens (primary N) is 1. The molecule has 1 aromatic heterocycles. The Morgan fingerprint density at radius 3 is 2.60 bits per heavy atom. The fraction of sp³-hybridized carbons (Fsp3) is 0.167. The lowest BCUT2D eigenvalue weighted by Gasteiger charge is -2.15. The molecule has 104 valence electrons. The van der Waals surface area contributed by atoms with E-state index in [1.165, 1.54) is 11.9 Å². The summed E-state index contributed by atoms with van der Waals surface area (Å²) < 4.78 is 4.34. The van der Waals surface area contributed by atoms with Gasteiger partial charge in [-0.25, -0.2) is 4.63 Å². The third kappa shape index (κ3) is 3.10. The van der Waals surface area contributed by atoms with Crippen LogP contribution >= 0.6 is 0 Å². The van der Waals surface area contributed by atoms with Gasteiger partial charge in [0, 0.05) is 12.7 Å². The molecule has 0 radical (unpaired) electrons. The molecule has 3 N–H and O–H groups in total. The summed E-state index contributed by atoms with van der Waals surface area (Å²) in [5.41, 5.74) is 5.96. The van der Waals surface area contributed by atoms with E-state index in [-0.39, 0.29) is 24.0 Å². The highest BCUT2D eigenvalue weighted by Gasteiger charge is 2.21. The Bertz CT molecular complexity index is 611.